The fraction of sp³-hybridized carbons (Fsp3) is 0.118. The lowest BCUT2D eigenvalue weighted by Gasteiger charge is -2.03. The van der Waals surface area contributed by atoms with Crippen molar-refractivity contribution in [1.82, 2.24) is 4.57 Å². The average molecular weight is 329 g/mol. The van der Waals surface area contributed by atoms with E-state index in [0.717, 1.165) is 0 Å². The molecule has 24 heavy (non-hydrogen) atoms. The van der Waals surface area contributed by atoms with Gasteiger partial charge in [0.1, 0.15) is 5.82 Å². The van der Waals surface area contributed by atoms with E-state index < -0.39 is 23.3 Å². The number of nitrogens with zero attached hydrogens (tertiary/aromatic N) is 1. The third kappa shape index (κ3) is 2.83. The first-order valence-electron chi connectivity index (χ1n) is 7.12. The van der Waals surface area contributed by atoms with Gasteiger partial charge >= 0.3 is 11.7 Å². The van der Waals surface area contributed by atoms with Crippen LogP contribution in [0.4, 0.5) is 4.39 Å². The maximum absolute atomic E-state index is 13.7. The van der Waals surface area contributed by atoms with Gasteiger partial charge < -0.3 is 9.52 Å². The van der Waals surface area contributed by atoms with Crippen LogP contribution < -0.4 is 5.76 Å². The summed E-state index contributed by atoms with van der Waals surface area (Å²) < 4.78 is 20.0. The minimum Gasteiger partial charge on any atom is -0.481 e. The topological polar surface area (TPSA) is 89.5 Å². The van der Waals surface area contributed by atoms with Gasteiger partial charge in [-0.15, -0.1) is 0 Å². The number of carbonyl (C=O) groups is 2. The number of rotatable bonds is 5. The molecule has 0 saturated carbocycles. The molecule has 0 saturated heterocycles. The molecule has 1 aromatic heterocycles. The molecule has 0 aliphatic heterocycles. The lowest BCUT2D eigenvalue weighted by atomic mass is 10.0. The predicted molar refractivity (Wildman–Crippen MR) is 82.6 cm³/mol. The van der Waals surface area contributed by atoms with Crippen LogP contribution in [0.3, 0.4) is 0 Å². The summed E-state index contributed by atoms with van der Waals surface area (Å²) in [5, 5.41) is 8.72. The smallest absolute Gasteiger partial charge is 0.419 e. The van der Waals surface area contributed by atoms with Gasteiger partial charge in [-0.25, -0.2) is 9.18 Å². The van der Waals surface area contributed by atoms with Crippen LogP contribution in [0, 0.1) is 5.82 Å². The minimum absolute atomic E-state index is 0.0399. The summed E-state index contributed by atoms with van der Waals surface area (Å²) >= 11 is 0. The first kappa shape index (κ1) is 15.7. The van der Waals surface area contributed by atoms with E-state index in [1.54, 1.807) is 6.07 Å². The average Bonchev–Trinajstić information content (AvgIpc) is 2.87. The summed E-state index contributed by atoms with van der Waals surface area (Å²) in [5.41, 5.74) is 0.621. The Bertz CT molecular complexity index is 1000. The Hall–Kier alpha value is -3.22. The molecular formula is C17H12FNO5. The number of carbonyl (C=O) groups excluding carboxylic acids is 1. The number of benzene rings is 2. The Kier molecular flexibility index (Phi) is 3.99. The molecule has 0 fully saturated rings. The molecule has 0 bridgehead atoms. The largest absolute Gasteiger partial charge is 0.481 e. The molecule has 0 spiro atoms. The van der Waals surface area contributed by atoms with Crippen LogP contribution in [0.5, 0.6) is 0 Å². The van der Waals surface area contributed by atoms with E-state index in [1.807, 2.05) is 0 Å². The zero-order chi connectivity index (χ0) is 17.3. The lowest BCUT2D eigenvalue weighted by molar-refractivity contribution is -0.137. The van der Waals surface area contributed by atoms with Gasteiger partial charge in [-0.1, -0.05) is 12.1 Å². The van der Waals surface area contributed by atoms with Crippen molar-refractivity contribution in [2.24, 2.45) is 0 Å². The quantitative estimate of drug-likeness (QED) is 0.726. The maximum atomic E-state index is 13.7. The third-order valence-corrected chi connectivity index (χ3v) is 3.60. The summed E-state index contributed by atoms with van der Waals surface area (Å²) in [6.07, 6.45) is -0.232. The fourth-order valence-electron chi connectivity index (χ4n) is 2.43. The van der Waals surface area contributed by atoms with E-state index in [0.29, 0.717) is 5.52 Å². The number of aryl methyl sites for hydroxylation is 1. The minimum atomic E-state index is -1.04. The van der Waals surface area contributed by atoms with Crippen molar-refractivity contribution in [3.8, 4) is 0 Å². The van der Waals surface area contributed by atoms with Crippen LogP contribution in [0.15, 0.2) is 51.7 Å². The second-order valence-corrected chi connectivity index (χ2v) is 5.15. The van der Waals surface area contributed by atoms with E-state index in [9.17, 15) is 18.8 Å². The normalized spacial score (nSPS) is 10.9. The number of carboxylic acid groups (broad SMARTS) is 1. The molecule has 6 nitrogen and oxygen atoms in total. The van der Waals surface area contributed by atoms with Gasteiger partial charge in [0.05, 0.1) is 17.5 Å². The highest BCUT2D eigenvalue weighted by Crippen LogP contribution is 2.19. The highest BCUT2D eigenvalue weighted by molar-refractivity contribution is 6.10. The van der Waals surface area contributed by atoms with Gasteiger partial charge in [0.25, 0.3) is 0 Å². The van der Waals surface area contributed by atoms with Crippen molar-refractivity contribution >= 4 is 22.9 Å². The van der Waals surface area contributed by atoms with Crippen LogP contribution in [0.25, 0.3) is 11.1 Å². The molecule has 1 N–H and O–H groups in total. The lowest BCUT2D eigenvalue weighted by Crippen LogP contribution is -2.16. The van der Waals surface area contributed by atoms with Crippen molar-refractivity contribution in [3.05, 3.63) is 70.0 Å². The number of ketones is 1. The van der Waals surface area contributed by atoms with Crippen molar-refractivity contribution in [2.45, 2.75) is 13.0 Å². The first-order chi connectivity index (χ1) is 11.5. The standard InChI is InChI=1S/C17H12FNO5/c18-12-4-2-1-3-11(12)16(22)10-5-6-13-14(9-10)24-17(23)19(13)8-7-15(20)21/h1-6,9H,7-8H2,(H,20,21). The van der Waals surface area contributed by atoms with E-state index in [4.69, 9.17) is 9.52 Å². The van der Waals surface area contributed by atoms with Gasteiger partial charge in [-0.2, -0.15) is 0 Å². The Morgan fingerprint density at radius 2 is 1.92 bits per heavy atom. The highest BCUT2D eigenvalue weighted by Gasteiger charge is 2.17. The summed E-state index contributed by atoms with van der Waals surface area (Å²) in [5.74, 6) is -2.91. The third-order valence-electron chi connectivity index (χ3n) is 3.60. The molecule has 0 aliphatic rings. The van der Waals surface area contributed by atoms with E-state index in [1.165, 1.54) is 41.0 Å². The summed E-state index contributed by atoms with van der Waals surface area (Å²) in [6.45, 7) is -0.0399. The summed E-state index contributed by atoms with van der Waals surface area (Å²) in [7, 11) is 0. The molecule has 0 unspecified atom stereocenters. The number of aromatic nitrogens is 1. The van der Waals surface area contributed by atoms with Crippen molar-refractivity contribution in [1.29, 1.82) is 0 Å². The Labute approximate surface area is 134 Å². The molecule has 1 heterocycles. The molecule has 0 amide bonds. The molecule has 7 heteroatoms. The fourth-order valence-corrected chi connectivity index (χ4v) is 2.43. The molecule has 0 aliphatic carbocycles. The van der Waals surface area contributed by atoms with E-state index in [2.05, 4.69) is 0 Å². The number of aliphatic carboxylic acids is 1. The number of hydrogen-bond acceptors (Lipinski definition) is 4. The van der Waals surface area contributed by atoms with Crippen molar-refractivity contribution < 1.29 is 23.5 Å². The second-order valence-electron chi connectivity index (χ2n) is 5.15. The zero-order valence-electron chi connectivity index (χ0n) is 12.4. The molecule has 2 aromatic carbocycles. The van der Waals surface area contributed by atoms with Crippen LogP contribution in [-0.2, 0) is 11.3 Å². The molecule has 122 valence electrons. The summed E-state index contributed by atoms with van der Waals surface area (Å²) in [4.78, 5) is 34.8. The van der Waals surface area contributed by atoms with Crippen LogP contribution in [0.1, 0.15) is 22.3 Å². The van der Waals surface area contributed by atoms with Crippen molar-refractivity contribution in [3.63, 3.8) is 0 Å². The van der Waals surface area contributed by atoms with Gasteiger partial charge in [0, 0.05) is 12.1 Å². The molecular weight excluding hydrogens is 317 g/mol. The number of fused-ring (bicyclic) bond motifs is 1. The monoisotopic (exact) mass is 329 g/mol. The van der Waals surface area contributed by atoms with Crippen LogP contribution in [0.2, 0.25) is 0 Å². The number of oxazole rings is 1. The molecule has 3 rings (SSSR count). The number of hydrogen-bond donors (Lipinski definition) is 1. The predicted octanol–water partition coefficient (Wildman–Crippen LogP) is 2.44. The molecule has 0 radical (unpaired) electrons. The second kappa shape index (κ2) is 6.11. The number of carboxylic acids is 1. The Morgan fingerprint density at radius 1 is 1.17 bits per heavy atom. The van der Waals surface area contributed by atoms with Crippen LogP contribution >= 0.6 is 0 Å². The van der Waals surface area contributed by atoms with Gasteiger partial charge in [0.15, 0.2) is 11.4 Å². The summed E-state index contributed by atoms with van der Waals surface area (Å²) in [6, 6.07) is 9.88. The van der Waals surface area contributed by atoms with Gasteiger partial charge in [-0.3, -0.25) is 14.2 Å². The number of halogens is 1. The van der Waals surface area contributed by atoms with Gasteiger partial charge in [-0.05, 0) is 30.3 Å². The first-order valence-corrected chi connectivity index (χ1v) is 7.12. The Morgan fingerprint density at radius 3 is 2.62 bits per heavy atom. The SMILES string of the molecule is O=C(O)CCn1c(=O)oc2cc(C(=O)c3ccccc3F)ccc21. The zero-order valence-corrected chi connectivity index (χ0v) is 12.4. The highest BCUT2D eigenvalue weighted by atomic mass is 19.1. The Balaban J connectivity index is 2.01. The van der Waals surface area contributed by atoms with Crippen molar-refractivity contribution in [2.75, 3.05) is 0 Å². The van der Waals surface area contributed by atoms with Gasteiger partial charge in [0.2, 0.25) is 0 Å². The van der Waals surface area contributed by atoms with E-state index >= 15 is 0 Å². The van der Waals surface area contributed by atoms with E-state index in [-0.39, 0.29) is 29.7 Å². The maximum Gasteiger partial charge on any atom is 0.419 e. The van der Waals surface area contributed by atoms with Crippen LogP contribution in [-0.4, -0.2) is 21.4 Å². The molecule has 3 aromatic rings. The molecule has 0 atom stereocenters.